The Balaban J connectivity index is 0.899. The molecule has 0 aliphatic heterocycles. The summed E-state index contributed by atoms with van der Waals surface area (Å²) < 4.78 is 101. The number of hydrogen-bond acceptors (Lipinski definition) is 9. The number of alkyl halides is 4. The van der Waals surface area contributed by atoms with Gasteiger partial charge in [-0.15, -0.1) is 0 Å². The number of benzene rings is 4. The lowest BCUT2D eigenvalue weighted by Crippen LogP contribution is -2.51. The lowest BCUT2D eigenvalue weighted by Gasteiger charge is -2.36. The Kier molecular flexibility index (Phi) is 17.5. The molecule has 15 heteroatoms. The van der Waals surface area contributed by atoms with Crippen LogP contribution in [0.1, 0.15) is 76.3 Å². The van der Waals surface area contributed by atoms with Crippen LogP contribution in [-0.2, 0) is 25.8 Å². The van der Waals surface area contributed by atoms with Crippen LogP contribution in [-0.4, -0.2) is 56.4 Å². The number of hydrogen-bond donors (Lipinski definition) is 0. The van der Waals surface area contributed by atoms with Gasteiger partial charge in [-0.1, -0.05) is 62.4 Å². The van der Waals surface area contributed by atoms with Gasteiger partial charge in [-0.05, 0) is 122 Å². The first-order valence-corrected chi connectivity index (χ1v) is 28.2. The number of halogens is 4. The number of aryl methyl sites for hydroxylation is 2. The molecule has 0 bridgehead atoms. The zero-order valence-electron chi connectivity index (χ0n) is 39.3. The molecule has 9 nitrogen and oxygen atoms in total. The molecule has 0 saturated heterocycles. The Hall–Kier alpha value is -5.07. The van der Waals surface area contributed by atoms with Crippen molar-refractivity contribution in [3.8, 4) is 33.8 Å². The van der Waals surface area contributed by atoms with Crippen molar-refractivity contribution in [2.45, 2.75) is 115 Å². The van der Waals surface area contributed by atoms with Gasteiger partial charge >= 0.3 is 28.4 Å². The van der Waals surface area contributed by atoms with E-state index in [4.69, 9.17) is 31.3 Å². The highest BCUT2D eigenvalue weighted by atomic mass is 28.5. The summed E-state index contributed by atoms with van der Waals surface area (Å²) in [5.74, 6) is -5.07. The summed E-state index contributed by atoms with van der Waals surface area (Å²) in [5.41, 5.74) is 4.47. The lowest BCUT2D eigenvalue weighted by atomic mass is 9.98. The van der Waals surface area contributed by atoms with Crippen LogP contribution < -0.4 is 20.7 Å². The van der Waals surface area contributed by atoms with Crippen LogP contribution in [0.25, 0.3) is 44.2 Å². The van der Waals surface area contributed by atoms with E-state index in [1.165, 1.54) is 14.2 Å². The number of ether oxygens (including phenoxy) is 2. The molecule has 360 valence electrons. The molecule has 0 amide bonds. The smallest absolute Gasteiger partial charge is 0.344 e. The Morgan fingerprint density at radius 2 is 0.910 bits per heavy atom. The van der Waals surface area contributed by atoms with Gasteiger partial charge in [0.2, 0.25) is 11.8 Å². The SMILES string of the molecule is CCc1ccccc1-c1cc2ccc(OCCCC(F)(F)CCC[Si](C)(OC)O[Si](C)(CCCC(F)(F)CCCOc3ccc4cc(-c5ccccc5CC)c(=O)oc4c3)OC)cc2oc1=O. The van der Waals surface area contributed by atoms with E-state index in [1.807, 2.05) is 62.4 Å². The van der Waals surface area contributed by atoms with Crippen LogP contribution in [0.2, 0.25) is 25.2 Å². The predicted molar refractivity (Wildman–Crippen MR) is 260 cm³/mol. The fraction of sp³-hybridized carbons (Fsp3) is 0.423. The second kappa shape index (κ2) is 22.8. The van der Waals surface area contributed by atoms with Gasteiger partial charge in [-0.3, -0.25) is 0 Å². The molecule has 4 aromatic carbocycles. The van der Waals surface area contributed by atoms with Crippen molar-refractivity contribution in [1.82, 2.24) is 0 Å². The Morgan fingerprint density at radius 1 is 0.522 bits per heavy atom. The highest BCUT2D eigenvalue weighted by molar-refractivity contribution is 6.80. The largest absolute Gasteiger partial charge is 0.493 e. The maximum Gasteiger partial charge on any atom is 0.344 e. The molecule has 2 atom stereocenters. The fourth-order valence-electron chi connectivity index (χ4n) is 8.40. The molecule has 2 aromatic heterocycles. The van der Waals surface area contributed by atoms with Crippen molar-refractivity contribution in [3.63, 3.8) is 0 Å². The standard InChI is InChI=1S/C52H62F4O9Si2/c1-7-37-17-9-11-19-43(37)45-33-39-21-23-41(35-47(39)63-49(45)57)61-29-13-25-51(53,54)27-15-31-66(5,59-3)65-67(6,60-4)32-16-28-52(55,56)26-14-30-62-42-24-22-40-34-46(50(58)64-48(40)36-42)44-20-12-10-18-38(44)8-2/h9-12,17-24,33-36H,7-8,13-16,25-32H2,1-6H3. The maximum absolute atomic E-state index is 15.1. The van der Waals surface area contributed by atoms with Crippen molar-refractivity contribution in [3.05, 3.63) is 129 Å². The van der Waals surface area contributed by atoms with Gasteiger partial charge in [0.15, 0.2) is 0 Å². The lowest BCUT2D eigenvalue weighted by molar-refractivity contribution is -0.0218. The van der Waals surface area contributed by atoms with Gasteiger partial charge in [0.1, 0.15) is 22.7 Å². The Labute approximate surface area is 391 Å². The minimum Gasteiger partial charge on any atom is -0.493 e. The highest BCUT2D eigenvalue weighted by Crippen LogP contribution is 2.35. The molecule has 2 heterocycles. The first kappa shape index (κ1) is 51.3. The molecule has 6 rings (SSSR count). The molecule has 2 unspecified atom stereocenters. The van der Waals surface area contributed by atoms with Gasteiger partial charge in [0.25, 0.3) is 0 Å². The summed E-state index contributed by atoms with van der Waals surface area (Å²) in [5, 5.41) is 1.45. The van der Waals surface area contributed by atoms with Crippen molar-refractivity contribution in [1.29, 1.82) is 0 Å². The quantitative estimate of drug-likeness (QED) is 0.0227. The van der Waals surface area contributed by atoms with Gasteiger partial charge in [-0.2, -0.15) is 0 Å². The Bertz CT molecular complexity index is 2520. The van der Waals surface area contributed by atoms with Crippen molar-refractivity contribution in [2.75, 3.05) is 27.4 Å². The Morgan fingerprint density at radius 3 is 1.30 bits per heavy atom. The van der Waals surface area contributed by atoms with E-state index in [0.29, 0.717) is 33.8 Å². The predicted octanol–water partition coefficient (Wildman–Crippen LogP) is 13.7. The van der Waals surface area contributed by atoms with Gasteiger partial charge in [-0.25, -0.2) is 27.2 Å². The average Bonchev–Trinajstić information content (AvgIpc) is 3.31. The van der Waals surface area contributed by atoms with E-state index in [-0.39, 0.29) is 76.7 Å². The fourth-order valence-corrected chi connectivity index (χ4v) is 15.6. The molecule has 0 radical (unpaired) electrons. The average molecular weight is 963 g/mol. The van der Waals surface area contributed by atoms with Gasteiger partial charge in [0, 0.05) is 62.8 Å². The van der Waals surface area contributed by atoms with Gasteiger partial charge in [0.05, 0.1) is 24.3 Å². The van der Waals surface area contributed by atoms with Crippen LogP contribution in [0.5, 0.6) is 11.5 Å². The topological polar surface area (TPSA) is 107 Å². The van der Waals surface area contributed by atoms with Crippen LogP contribution in [0, 0.1) is 0 Å². The van der Waals surface area contributed by atoms with Crippen LogP contribution in [0.3, 0.4) is 0 Å². The second-order valence-corrected chi connectivity index (χ2v) is 24.6. The second-order valence-electron chi connectivity index (χ2n) is 17.4. The first-order chi connectivity index (χ1) is 32.0. The van der Waals surface area contributed by atoms with Crippen molar-refractivity contribution >= 4 is 39.1 Å². The third-order valence-corrected chi connectivity index (χ3v) is 20.1. The minimum atomic E-state index is -2.99. The summed E-state index contributed by atoms with van der Waals surface area (Å²) in [6.07, 6.45) is 0.524. The summed E-state index contributed by atoms with van der Waals surface area (Å²) in [4.78, 5) is 25.8. The van der Waals surface area contributed by atoms with Crippen molar-refractivity contribution in [2.24, 2.45) is 0 Å². The molecule has 67 heavy (non-hydrogen) atoms. The molecular formula is C52H62F4O9Si2. The molecule has 0 aliphatic carbocycles. The molecule has 0 aliphatic rings. The zero-order valence-corrected chi connectivity index (χ0v) is 41.3. The third-order valence-electron chi connectivity index (χ3n) is 12.3. The molecular weight excluding hydrogens is 901 g/mol. The molecule has 0 N–H and O–H groups in total. The van der Waals surface area contributed by atoms with E-state index in [9.17, 15) is 9.59 Å². The van der Waals surface area contributed by atoms with Crippen LogP contribution >= 0.6 is 0 Å². The van der Waals surface area contributed by atoms with Crippen LogP contribution in [0.15, 0.2) is 115 Å². The van der Waals surface area contributed by atoms with E-state index in [2.05, 4.69) is 0 Å². The third kappa shape index (κ3) is 14.0. The van der Waals surface area contributed by atoms with E-state index in [0.717, 1.165) is 45.9 Å². The normalized spacial score (nSPS) is 14.0. The number of fused-ring (bicyclic) bond motifs is 2. The van der Waals surface area contributed by atoms with Crippen molar-refractivity contribution < 1.29 is 48.8 Å². The highest BCUT2D eigenvalue weighted by Gasteiger charge is 2.43. The van der Waals surface area contributed by atoms with Crippen LogP contribution in [0.4, 0.5) is 17.6 Å². The monoisotopic (exact) mass is 962 g/mol. The van der Waals surface area contributed by atoms with E-state index < -0.39 is 40.2 Å². The molecule has 0 spiro atoms. The van der Waals surface area contributed by atoms with E-state index in [1.54, 1.807) is 61.6 Å². The minimum absolute atomic E-state index is 0.0510. The van der Waals surface area contributed by atoms with E-state index >= 15 is 17.6 Å². The number of rotatable bonds is 26. The molecule has 6 aromatic rings. The zero-order chi connectivity index (χ0) is 48.2. The van der Waals surface area contributed by atoms with Gasteiger partial charge < -0.3 is 31.3 Å². The summed E-state index contributed by atoms with van der Waals surface area (Å²) in [6.45, 7) is 7.74. The maximum atomic E-state index is 15.1. The first-order valence-electron chi connectivity index (χ1n) is 23.1. The summed E-state index contributed by atoms with van der Waals surface area (Å²) in [6, 6.07) is 29.8. The molecule has 0 saturated carbocycles. The molecule has 0 fully saturated rings. The summed E-state index contributed by atoms with van der Waals surface area (Å²) >= 11 is 0. The summed E-state index contributed by atoms with van der Waals surface area (Å²) in [7, 11) is -3.01.